The average Bonchev–Trinajstić information content (AvgIpc) is 2.76. The highest BCUT2D eigenvalue weighted by Gasteiger charge is 2.20. The minimum atomic E-state index is -3.70. The first-order valence-electron chi connectivity index (χ1n) is 5.99. The number of aryl methyl sites for hydroxylation is 2. The van der Waals surface area contributed by atoms with Crippen LogP contribution in [-0.2, 0) is 16.6 Å². The number of sulfonamides is 1. The van der Waals surface area contributed by atoms with Crippen molar-refractivity contribution >= 4 is 26.5 Å². The number of nitrogens with one attached hydrogen (secondary N) is 1. The van der Waals surface area contributed by atoms with Crippen molar-refractivity contribution in [1.29, 1.82) is 0 Å². The molecule has 0 aliphatic rings. The fourth-order valence-electron chi connectivity index (χ4n) is 1.84. The molecule has 0 saturated heterocycles. The van der Waals surface area contributed by atoms with Crippen LogP contribution in [0.5, 0.6) is 0 Å². The van der Waals surface area contributed by atoms with Crippen LogP contribution < -0.4 is 4.72 Å². The fraction of sp³-hybridized carbons (Fsp3) is 0.308. The lowest BCUT2D eigenvalue weighted by atomic mass is 10.1. The van der Waals surface area contributed by atoms with Gasteiger partial charge in [-0.3, -0.25) is 4.72 Å². The zero-order chi connectivity index (χ0) is 14.9. The van der Waals surface area contributed by atoms with E-state index in [1.807, 2.05) is 6.92 Å². The van der Waals surface area contributed by atoms with Crippen molar-refractivity contribution in [2.75, 3.05) is 4.72 Å². The summed E-state index contributed by atoms with van der Waals surface area (Å²) in [7, 11) is -3.70. The van der Waals surface area contributed by atoms with Gasteiger partial charge in [0, 0.05) is 5.38 Å². The summed E-state index contributed by atoms with van der Waals surface area (Å²) in [5.74, 6) is 0. The molecule has 7 heteroatoms. The predicted molar refractivity (Wildman–Crippen MR) is 79.5 cm³/mol. The van der Waals surface area contributed by atoms with E-state index in [4.69, 9.17) is 0 Å². The summed E-state index contributed by atoms with van der Waals surface area (Å²) in [6, 6.07) is 3.27. The van der Waals surface area contributed by atoms with Gasteiger partial charge in [-0.05, 0) is 43.5 Å². The second kappa shape index (κ2) is 5.51. The monoisotopic (exact) mass is 312 g/mol. The van der Waals surface area contributed by atoms with E-state index in [-0.39, 0.29) is 11.5 Å². The molecule has 2 rings (SSSR count). The van der Waals surface area contributed by atoms with Crippen LogP contribution in [0.1, 0.15) is 22.4 Å². The van der Waals surface area contributed by atoms with Gasteiger partial charge in [0.05, 0.1) is 17.2 Å². The van der Waals surface area contributed by atoms with E-state index in [1.165, 1.54) is 17.4 Å². The lowest BCUT2D eigenvalue weighted by Gasteiger charge is -2.12. The van der Waals surface area contributed by atoms with Gasteiger partial charge in [-0.2, -0.15) is 0 Å². The molecule has 0 aliphatic heterocycles. The van der Waals surface area contributed by atoms with Crippen LogP contribution >= 0.6 is 11.3 Å². The van der Waals surface area contributed by atoms with E-state index in [0.29, 0.717) is 16.3 Å². The van der Waals surface area contributed by atoms with E-state index in [1.54, 1.807) is 25.3 Å². The molecule has 1 aromatic carbocycles. The third-order valence-electron chi connectivity index (χ3n) is 2.99. The molecule has 108 valence electrons. The van der Waals surface area contributed by atoms with Crippen LogP contribution in [0.4, 0.5) is 5.13 Å². The Kier molecular flexibility index (Phi) is 4.12. The first-order chi connectivity index (χ1) is 9.33. The molecule has 5 nitrogen and oxygen atoms in total. The number of aliphatic hydroxyl groups is 1. The molecule has 20 heavy (non-hydrogen) atoms. The minimum Gasteiger partial charge on any atom is -0.392 e. The van der Waals surface area contributed by atoms with Crippen LogP contribution in [0.15, 0.2) is 22.4 Å². The Bertz CT molecular complexity index is 736. The van der Waals surface area contributed by atoms with E-state index in [9.17, 15) is 13.5 Å². The van der Waals surface area contributed by atoms with Crippen molar-refractivity contribution in [2.45, 2.75) is 32.3 Å². The number of rotatable bonds is 4. The topological polar surface area (TPSA) is 79.3 Å². The van der Waals surface area contributed by atoms with Crippen molar-refractivity contribution in [1.82, 2.24) is 4.98 Å². The van der Waals surface area contributed by atoms with E-state index < -0.39 is 10.0 Å². The van der Waals surface area contributed by atoms with Crippen molar-refractivity contribution in [3.63, 3.8) is 0 Å². The van der Waals surface area contributed by atoms with Crippen LogP contribution in [0, 0.1) is 20.8 Å². The SMILES string of the molecule is Cc1csc(NS(=O)(=O)c2cc(CO)cc(C)c2C)n1. The average molecular weight is 312 g/mol. The zero-order valence-electron chi connectivity index (χ0n) is 11.5. The molecule has 1 aromatic heterocycles. The molecule has 0 fully saturated rings. The van der Waals surface area contributed by atoms with Gasteiger partial charge in [-0.1, -0.05) is 6.07 Å². The molecule has 0 bridgehead atoms. The maximum Gasteiger partial charge on any atom is 0.263 e. The fourth-order valence-corrected chi connectivity index (χ4v) is 4.15. The predicted octanol–water partition coefficient (Wildman–Crippen LogP) is 2.36. The summed E-state index contributed by atoms with van der Waals surface area (Å²) in [4.78, 5) is 4.27. The lowest BCUT2D eigenvalue weighted by molar-refractivity contribution is 0.281. The summed E-state index contributed by atoms with van der Waals surface area (Å²) in [6.07, 6.45) is 0. The molecule has 0 saturated carbocycles. The molecule has 0 spiro atoms. The first kappa shape index (κ1) is 15.0. The van der Waals surface area contributed by atoms with Gasteiger partial charge in [-0.15, -0.1) is 11.3 Å². The maximum absolute atomic E-state index is 12.4. The number of hydrogen-bond acceptors (Lipinski definition) is 5. The summed E-state index contributed by atoms with van der Waals surface area (Å²) >= 11 is 1.24. The summed E-state index contributed by atoms with van der Waals surface area (Å²) in [6.45, 7) is 5.18. The van der Waals surface area contributed by atoms with Gasteiger partial charge >= 0.3 is 0 Å². The number of thiazole rings is 1. The van der Waals surface area contributed by atoms with Gasteiger partial charge < -0.3 is 5.11 Å². The molecular formula is C13H16N2O3S2. The molecule has 0 unspecified atom stereocenters. The van der Waals surface area contributed by atoms with Crippen molar-refractivity contribution < 1.29 is 13.5 Å². The third kappa shape index (κ3) is 3.00. The van der Waals surface area contributed by atoms with E-state index in [0.717, 1.165) is 11.3 Å². The smallest absolute Gasteiger partial charge is 0.263 e. The Morgan fingerprint density at radius 2 is 2.00 bits per heavy atom. The number of aromatic nitrogens is 1. The highest BCUT2D eigenvalue weighted by Crippen LogP contribution is 2.25. The van der Waals surface area contributed by atoms with Gasteiger partial charge in [0.1, 0.15) is 0 Å². The van der Waals surface area contributed by atoms with Crippen LogP contribution in [0.3, 0.4) is 0 Å². The number of nitrogens with zero attached hydrogens (tertiary/aromatic N) is 1. The molecule has 0 radical (unpaired) electrons. The molecular weight excluding hydrogens is 296 g/mol. The standard InChI is InChI=1S/C13H16N2O3S2/c1-8-4-11(6-16)5-12(10(8)3)20(17,18)15-13-14-9(2)7-19-13/h4-5,7,16H,6H2,1-3H3,(H,14,15). The van der Waals surface area contributed by atoms with Gasteiger partial charge in [0.2, 0.25) is 0 Å². The first-order valence-corrected chi connectivity index (χ1v) is 8.35. The van der Waals surface area contributed by atoms with E-state index in [2.05, 4.69) is 9.71 Å². The van der Waals surface area contributed by atoms with Gasteiger partial charge in [0.15, 0.2) is 5.13 Å². The highest BCUT2D eigenvalue weighted by molar-refractivity contribution is 7.93. The quantitative estimate of drug-likeness (QED) is 0.908. The molecule has 2 aromatic rings. The van der Waals surface area contributed by atoms with Crippen LogP contribution in [-0.4, -0.2) is 18.5 Å². The number of benzene rings is 1. The largest absolute Gasteiger partial charge is 0.392 e. The number of hydrogen-bond donors (Lipinski definition) is 2. The van der Waals surface area contributed by atoms with Crippen molar-refractivity contribution in [2.24, 2.45) is 0 Å². The van der Waals surface area contributed by atoms with Crippen molar-refractivity contribution in [3.8, 4) is 0 Å². The third-order valence-corrected chi connectivity index (χ3v) is 5.46. The van der Waals surface area contributed by atoms with Gasteiger partial charge in [-0.25, -0.2) is 13.4 Å². The minimum absolute atomic E-state index is 0.175. The normalized spacial score (nSPS) is 11.6. The summed E-state index contributed by atoms with van der Waals surface area (Å²) < 4.78 is 27.3. The Labute approximate surface area is 122 Å². The highest BCUT2D eigenvalue weighted by atomic mass is 32.2. The lowest BCUT2D eigenvalue weighted by Crippen LogP contribution is -2.15. The Morgan fingerprint density at radius 1 is 1.30 bits per heavy atom. The summed E-state index contributed by atoms with van der Waals surface area (Å²) in [5.41, 5.74) is 2.84. The second-order valence-corrected chi connectivity index (χ2v) is 7.10. The van der Waals surface area contributed by atoms with E-state index >= 15 is 0 Å². The summed E-state index contributed by atoms with van der Waals surface area (Å²) in [5, 5.41) is 11.3. The molecule has 0 amide bonds. The maximum atomic E-state index is 12.4. The molecule has 0 atom stereocenters. The molecule has 2 N–H and O–H groups in total. The Morgan fingerprint density at radius 3 is 2.55 bits per heavy atom. The number of aliphatic hydroxyl groups excluding tert-OH is 1. The Balaban J connectivity index is 2.46. The van der Waals surface area contributed by atoms with Gasteiger partial charge in [0.25, 0.3) is 10.0 Å². The second-order valence-electron chi connectivity index (χ2n) is 4.59. The molecule has 1 heterocycles. The number of anilines is 1. The molecule has 0 aliphatic carbocycles. The van der Waals surface area contributed by atoms with Crippen LogP contribution in [0.25, 0.3) is 0 Å². The van der Waals surface area contributed by atoms with Crippen molar-refractivity contribution in [3.05, 3.63) is 39.9 Å². The van der Waals surface area contributed by atoms with Crippen LogP contribution in [0.2, 0.25) is 0 Å². The Hall–Kier alpha value is -1.44. The zero-order valence-corrected chi connectivity index (χ0v) is 13.1.